The monoisotopic (exact) mass is 345 g/mol. The molecule has 0 radical (unpaired) electrons. The van der Waals surface area contributed by atoms with Gasteiger partial charge in [-0.1, -0.05) is 18.2 Å². The highest BCUT2D eigenvalue weighted by Crippen LogP contribution is 2.48. The van der Waals surface area contributed by atoms with Crippen LogP contribution in [0, 0.1) is 0 Å². The van der Waals surface area contributed by atoms with Crippen molar-refractivity contribution in [1.82, 2.24) is 0 Å². The average Bonchev–Trinajstić information content (AvgIpc) is 2.41. The predicted octanol–water partition coefficient (Wildman–Crippen LogP) is 3.98. The Kier molecular flexibility index (Phi) is 4.52. The van der Waals surface area contributed by atoms with Gasteiger partial charge in [0.1, 0.15) is 5.60 Å². The van der Waals surface area contributed by atoms with E-state index in [2.05, 4.69) is 0 Å². The number of hydrogen-bond acceptors (Lipinski definition) is 4. The summed E-state index contributed by atoms with van der Waals surface area (Å²) in [5.41, 5.74) is -1.34. The maximum Gasteiger partial charge on any atom is 0.419 e. The van der Waals surface area contributed by atoms with Gasteiger partial charge < -0.3 is 9.47 Å². The molecule has 1 heterocycles. The zero-order valence-corrected chi connectivity index (χ0v) is 13.7. The Balaban J connectivity index is 2.54. The maximum atomic E-state index is 14.5. The molecule has 1 aliphatic heterocycles. The third kappa shape index (κ3) is 3.32. The summed E-state index contributed by atoms with van der Waals surface area (Å²) in [6, 6.07) is 1.18. The lowest BCUT2D eigenvalue weighted by molar-refractivity contribution is -0.167. The van der Waals surface area contributed by atoms with Crippen LogP contribution in [0.25, 0.3) is 0 Å². The Morgan fingerprint density at radius 3 is 2.33 bits per heavy atom. The van der Waals surface area contributed by atoms with Crippen molar-refractivity contribution in [3.8, 4) is 0 Å². The molecule has 0 bridgehead atoms. The van der Waals surface area contributed by atoms with Crippen molar-refractivity contribution in [1.29, 1.82) is 0 Å². The van der Waals surface area contributed by atoms with Gasteiger partial charge in [-0.25, -0.2) is 14.1 Å². The van der Waals surface area contributed by atoms with Gasteiger partial charge in [-0.3, -0.25) is 4.79 Å². The minimum absolute atomic E-state index is 0.0295. The molecule has 1 amide bonds. The Hall–Kier alpha value is -2.25. The van der Waals surface area contributed by atoms with E-state index >= 15 is 0 Å². The molecule has 0 fully saturated rings. The molecular formula is C16H18F3NO4. The number of para-hydroxylation sites is 1. The van der Waals surface area contributed by atoms with Crippen LogP contribution in [0.2, 0.25) is 0 Å². The molecular weight excluding hydrogens is 327 g/mol. The van der Waals surface area contributed by atoms with Gasteiger partial charge in [0, 0.05) is 12.5 Å². The summed E-state index contributed by atoms with van der Waals surface area (Å²) in [7, 11) is 0. The molecule has 8 heteroatoms. The number of hydrogen-bond donors (Lipinski definition) is 0. The molecule has 24 heavy (non-hydrogen) atoms. The van der Waals surface area contributed by atoms with Crippen LogP contribution in [0.3, 0.4) is 0 Å². The first-order valence-electron chi connectivity index (χ1n) is 7.26. The highest BCUT2D eigenvalue weighted by atomic mass is 19.3. The number of alkyl halides is 3. The summed E-state index contributed by atoms with van der Waals surface area (Å²) in [4.78, 5) is 23.3. The van der Waals surface area contributed by atoms with E-state index in [4.69, 9.17) is 9.47 Å². The van der Waals surface area contributed by atoms with Crippen LogP contribution in [0.1, 0.15) is 39.4 Å². The van der Waals surface area contributed by atoms with Crippen molar-refractivity contribution >= 4 is 17.7 Å². The molecule has 0 saturated heterocycles. The lowest BCUT2D eigenvalue weighted by Crippen LogP contribution is -2.58. The molecule has 5 nitrogen and oxygen atoms in total. The van der Waals surface area contributed by atoms with Crippen LogP contribution >= 0.6 is 0 Å². The zero-order chi connectivity index (χ0) is 18.3. The van der Waals surface area contributed by atoms with Crippen molar-refractivity contribution in [2.24, 2.45) is 0 Å². The number of carbonyl (C=O) groups excluding carboxylic acids is 2. The second-order valence-corrected chi connectivity index (χ2v) is 6.39. The number of fused-ring (bicyclic) bond motifs is 1. The Bertz CT molecular complexity index is 657. The van der Waals surface area contributed by atoms with Crippen molar-refractivity contribution in [3.05, 3.63) is 29.8 Å². The minimum atomic E-state index is -4.24. The molecule has 2 atom stereocenters. The molecule has 132 valence electrons. The fraction of sp³-hybridized carbons (Fsp3) is 0.500. The first kappa shape index (κ1) is 18.1. The Morgan fingerprint density at radius 1 is 1.21 bits per heavy atom. The fourth-order valence-electron chi connectivity index (χ4n) is 2.39. The number of benzene rings is 1. The number of esters is 1. The summed E-state index contributed by atoms with van der Waals surface area (Å²) in [6.45, 7) is 5.52. The molecule has 1 aromatic carbocycles. The number of ether oxygens (including phenoxy) is 2. The van der Waals surface area contributed by atoms with Crippen molar-refractivity contribution in [2.75, 3.05) is 4.90 Å². The third-order valence-electron chi connectivity index (χ3n) is 3.25. The second kappa shape index (κ2) is 5.99. The van der Waals surface area contributed by atoms with Crippen LogP contribution in [0.4, 0.5) is 23.7 Å². The van der Waals surface area contributed by atoms with E-state index in [9.17, 15) is 22.8 Å². The smallest absolute Gasteiger partial charge is 0.419 e. The van der Waals surface area contributed by atoms with Gasteiger partial charge >= 0.3 is 18.1 Å². The number of nitrogens with zero attached hydrogens (tertiary/aromatic N) is 1. The average molecular weight is 345 g/mol. The summed E-state index contributed by atoms with van der Waals surface area (Å²) in [5.74, 6) is -0.904. The van der Waals surface area contributed by atoms with Crippen molar-refractivity contribution < 1.29 is 32.2 Å². The second-order valence-electron chi connectivity index (χ2n) is 6.39. The lowest BCUT2D eigenvalue weighted by atomic mass is 9.95. The van der Waals surface area contributed by atoms with Gasteiger partial charge in [-0.2, -0.15) is 8.78 Å². The normalized spacial score (nSPS) is 22.5. The van der Waals surface area contributed by atoms with Crippen LogP contribution in [-0.2, 0) is 14.3 Å². The highest BCUT2D eigenvalue weighted by Gasteiger charge is 2.59. The molecule has 0 saturated carbocycles. The maximum absolute atomic E-state index is 14.5. The largest absolute Gasteiger partial charge is 0.454 e. The van der Waals surface area contributed by atoms with E-state index in [1.54, 1.807) is 0 Å². The minimum Gasteiger partial charge on any atom is -0.454 e. The van der Waals surface area contributed by atoms with E-state index in [0.717, 1.165) is 6.92 Å². The summed E-state index contributed by atoms with van der Waals surface area (Å²) < 4.78 is 53.2. The molecule has 1 aromatic rings. The van der Waals surface area contributed by atoms with Gasteiger partial charge in [0.05, 0.1) is 5.69 Å². The fourth-order valence-corrected chi connectivity index (χ4v) is 2.39. The van der Waals surface area contributed by atoms with Crippen molar-refractivity contribution in [2.45, 2.75) is 51.6 Å². The summed E-state index contributed by atoms with van der Waals surface area (Å²) in [5, 5.41) is 0. The standard InChI is InChI=1S/C16H18F3NO4/c1-9(21)23-12-10-7-5-6-8-11(10)20(16(18,19)13(12)17)14(22)24-15(2,3)4/h5-8,12-13H,1-4H3. The van der Waals surface area contributed by atoms with E-state index in [0.29, 0.717) is 0 Å². The predicted molar refractivity (Wildman–Crippen MR) is 79.5 cm³/mol. The molecule has 0 aliphatic carbocycles. The quantitative estimate of drug-likeness (QED) is 0.571. The molecule has 2 unspecified atom stereocenters. The van der Waals surface area contributed by atoms with Crippen LogP contribution in [-0.4, -0.2) is 29.9 Å². The Labute approximate surface area is 137 Å². The number of rotatable bonds is 1. The molecule has 0 aromatic heterocycles. The lowest BCUT2D eigenvalue weighted by Gasteiger charge is -2.41. The molecule has 1 aliphatic rings. The van der Waals surface area contributed by atoms with E-state index < -0.39 is 36.0 Å². The summed E-state index contributed by atoms with van der Waals surface area (Å²) >= 11 is 0. The summed E-state index contributed by atoms with van der Waals surface area (Å²) in [6.07, 6.45) is -6.12. The topological polar surface area (TPSA) is 55.8 Å². The highest BCUT2D eigenvalue weighted by molar-refractivity contribution is 5.91. The third-order valence-corrected chi connectivity index (χ3v) is 3.25. The molecule has 2 rings (SSSR count). The van der Waals surface area contributed by atoms with Gasteiger partial charge in [0.15, 0.2) is 6.10 Å². The van der Waals surface area contributed by atoms with Crippen LogP contribution in [0.15, 0.2) is 24.3 Å². The van der Waals surface area contributed by atoms with Gasteiger partial charge in [0.25, 0.3) is 0 Å². The number of anilines is 1. The zero-order valence-electron chi connectivity index (χ0n) is 13.7. The van der Waals surface area contributed by atoms with E-state index in [1.807, 2.05) is 0 Å². The van der Waals surface area contributed by atoms with E-state index in [1.165, 1.54) is 45.0 Å². The van der Waals surface area contributed by atoms with Gasteiger partial charge in [-0.05, 0) is 26.8 Å². The van der Waals surface area contributed by atoms with Crippen LogP contribution in [0.5, 0.6) is 0 Å². The SMILES string of the molecule is CC(=O)OC1c2ccccc2N(C(=O)OC(C)(C)C)C(F)(F)C1F. The first-order chi connectivity index (χ1) is 10.9. The number of halogens is 3. The van der Waals surface area contributed by atoms with Crippen LogP contribution < -0.4 is 4.90 Å². The van der Waals surface area contributed by atoms with Gasteiger partial charge in [-0.15, -0.1) is 0 Å². The van der Waals surface area contributed by atoms with Gasteiger partial charge in [0.2, 0.25) is 6.17 Å². The number of carbonyl (C=O) groups is 2. The number of amides is 1. The molecule has 0 N–H and O–H groups in total. The first-order valence-corrected chi connectivity index (χ1v) is 7.26. The van der Waals surface area contributed by atoms with Crippen molar-refractivity contribution in [3.63, 3.8) is 0 Å². The van der Waals surface area contributed by atoms with E-state index in [-0.39, 0.29) is 16.2 Å². The Morgan fingerprint density at radius 2 is 1.79 bits per heavy atom. The molecule has 0 spiro atoms.